The van der Waals surface area contributed by atoms with Gasteiger partial charge < -0.3 is 15.4 Å². The normalized spacial score (nSPS) is 17.9. The highest BCUT2D eigenvalue weighted by atomic mass is 16.5. The fraction of sp³-hybridized carbons (Fsp3) is 0.500. The van der Waals surface area contributed by atoms with Gasteiger partial charge in [-0.05, 0) is 32.4 Å². The Balaban J connectivity index is 2.49. The Kier molecular flexibility index (Phi) is 3.20. The van der Waals surface area contributed by atoms with Gasteiger partial charge in [-0.1, -0.05) is 6.92 Å². The van der Waals surface area contributed by atoms with E-state index in [9.17, 15) is 4.79 Å². The van der Waals surface area contributed by atoms with E-state index < -0.39 is 5.41 Å². The fourth-order valence-electron chi connectivity index (χ4n) is 2.11. The number of hydrogen-bond donors (Lipinski definition) is 1. The van der Waals surface area contributed by atoms with Gasteiger partial charge in [0.2, 0.25) is 5.91 Å². The summed E-state index contributed by atoms with van der Waals surface area (Å²) in [6, 6.07) is 5.45. The van der Waals surface area contributed by atoms with Crippen molar-refractivity contribution in [3.63, 3.8) is 0 Å². The van der Waals surface area contributed by atoms with Crippen molar-refractivity contribution in [2.75, 3.05) is 23.8 Å². The standard InChI is InChI=1S/C14H20N2O2/c1-4-7-16-11-6-5-10(15)8-12(11)18-9-14(2,3)13(16)17/h5-6,8H,4,7,9,15H2,1-3H3. The number of amides is 1. The number of hydrogen-bond acceptors (Lipinski definition) is 3. The number of ether oxygens (including phenoxy) is 1. The molecule has 1 aromatic carbocycles. The molecule has 0 radical (unpaired) electrons. The van der Waals surface area contributed by atoms with Gasteiger partial charge in [0.15, 0.2) is 0 Å². The van der Waals surface area contributed by atoms with Gasteiger partial charge in [0.1, 0.15) is 12.4 Å². The fourth-order valence-corrected chi connectivity index (χ4v) is 2.11. The quantitative estimate of drug-likeness (QED) is 0.818. The van der Waals surface area contributed by atoms with Crippen LogP contribution in [0.2, 0.25) is 0 Å². The van der Waals surface area contributed by atoms with Crippen LogP contribution in [0.25, 0.3) is 0 Å². The number of fused-ring (bicyclic) bond motifs is 1. The lowest BCUT2D eigenvalue weighted by atomic mass is 9.93. The van der Waals surface area contributed by atoms with Gasteiger partial charge >= 0.3 is 0 Å². The van der Waals surface area contributed by atoms with Gasteiger partial charge in [-0.15, -0.1) is 0 Å². The molecule has 1 heterocycles. The van der Waals surface area contributed by atoms with E-state index in [1.165, 1.54) is 0 Å². The average molecular weight is 248 g/mol. The van der Waals surface area contributed by atoms with Crippen LogP contribution in [0.1, 0.15) is 27.2 Å². The van der Waals surface area contributed by atoms with Crippen molar-refractivity contribution in [2.45, 2.75) is 27.2 Å². The van der Waals surface area contributed by atoms with Gasteiger partial charge in [0.25, 0.3) is 0 Å². The van der Waals surface area contributed by atoms with Crippen LogP contribution in [0, 0.1) is 5.41 Å². The molecule has 1 aliphatic heterocycles. The van der Waals surface area contributed by atoms with Crippen LogP contribution in [0.4, 0.5) is 11.4 Å². The predicted octanol–water partition coefficient (Wildman–Crippen LogP) is 2.43. The summed E-state index contributed by atoms with van der Waals surface area (Å²) >= 11 is 0. The third kappa shape index (κ3) is 2.15. The molecule has 2 N–H and O–H groups in total. The largest absolute Gasteiger partial charge is 0.490 e. The zero-order valence-corrected chi connectivity index (χ0v) is 11.2. The molecule has 1 amide bonds. The van der Waals surface area contributed by atoms with Gasteiger partial charge in [-0.2, -0.15) is 0 Å². The number of nitrogen functional groups attached to an aromatic ring is 1. The third-order valence-electron chi connectivity index (χ3n) is 3.13. The summed E-state index contributed by atoms with van der Waals surface area (Å²) in [5.41, 5.74) is 6.73. The molecule has 4 nitrogen and oxygen atoms in total. The molecule has 18 heavy (non-hydrogen) atoms. The lowest BCUT2D eigenvalue weighted by Crippen LogP contribution is -2.42. The van der Waals surface area contributed by atoms with Crippen molar-refractivity contribution >= 4 is 17.3 Å². The number of anilines is 2. The summed E-state index contributed by atoms with van der Waals surface area (Å²) in [5, 5.41) is 0. The van der Waals surface area contributed by atoms with Crippen LogP contribution in [-0.4, -0.2) is 19.1 Å². The molecule has 0 saturated carbocycles. The SMILES string of the molecule is CCCN1C(=O)C(C)(C)COc2cc(N)ccc21. The van der Waals surface area contributed by atoms with Crippen LogP contribution in [0.5, 0.6) is 5.75 Å². The highest BCUT2D eigenvalue weighted by molar-refractivity contribution is 5.99. The maximum Gasteiger partial charge on any atom is 0.236 e. The molecule has 1 aliphatic rings. The van der Waals surface area contributed by atoms with Crippen molar-refractivity contribution in [1.82, 2.24) is 0 Å². The van der Waals surface area contributed by atoms with Crippen molar-refractivity contribution in [3.05, 3.63) is 18.2 Å². The lowest BCUT2D eigenvalue weighted by molar-refractivity contribution is -0.127. The summed E-state index contributed by atoms with van der Waals surface area (Å²) < 4.78 is 5.75. The van der Waals surface area contributed by atoms with E-state index in [-0.39, 0.29) is 5.91 Å². The predicted molar refractivity (Wildman–Crippen MR) is 72.8 cm³/mol. The van der Waals surface area contributed by atoms with Crippen molar-refractivity contribution in [3.8, 4) is 5.75 Å². The molecule has 0 atom stereocenters. The minimum Gasteiger partial charge on any atom is -0.490 e. The van der Waals surface area contributed by atoms with Gasteiger partial charge in [-0.25, -0.2) is 0 Å². The molecule has 0 saturated heterocycles. The maximum atomic E-state index is 12.5. The van der Waals surface area contributed by atoms with E-state index in [0.29, 0.717) is 24.6 Å². The molecule has 0 bridgehead atoms. The van der Waals surface area contributed by atoms with E-state index in [0.717, 1.165) is 12.1 Å². The second-order valence-electron chi connectivity index (χ2n) is 5.36. The maximum absolute atomic E-state index is 12.5. The van der Waals surface area contributed by atoms with Crippen LogP contribution >= 0.6 is 0 Å². The van der Waals surface area contributed by atoms with Crippen molar-refractivity contribution < 1.29 is 9.53 Å². The number of nitrogens with zero attached hydrogens (tertiary/aromatic N) is 1. The van der Waals surface area contributed by atoms with E-state index in [4.69, 9.17) is 10.5 Å². The zero-order chi connectivity index (χ0) is 13.3. The van der Waals surface area contributed by atoms with E-state index in [1.807, 2.05) is 24.8 Å². The molecule has 4 heteroatoms. The first-order valence-electron chi connectivity index (χ1n) is 6.30. The van der Waals surface area contributed by atoms with Crippen molar-refractivity contribution in [1.29, 1.82) is 0 Å². The van der Waals surface area contributed by atoms with E-state index in [1.54, 1.807) is 12.1 Å². The number of nitrogens with two attached hydrogens (primary N) is 1. The lowest BCUT2D eigenvalue weighted by Gasteiger charge is -2.27. The van der Waals surface area contributed by atoms with Gasteiger partial charge in [0.05, 0.1) is 11.1 Å². The molecule has 2 rings (SSSR count). The Morgan fingerprint density at radius 1 is 1.44 bits per heavy atom. The Morgan fingerprint density at radius 2 is 2.17 bits per heavy atom. The second kappa shape index (κ2) is 4.52. The third-order valence-corrected chi connectivity index (χ3v) is 3.13. The summed E-state index contributed by atoms with van der Waals surface area (Å²) in [7, 11) is 0. The number of benzene rings is 1. The van der Waals surface area contributed by atoms with Gasteiger partial charge in [0, 0.05) is 18.3 Å². The first kappa shape index (κ1) is 12.7. The number of rotatable bonds is 2. The molecule has 1 aromatic rings. The first-order valence-corrected chi connectivity index (χ1v) is 6.30. The number of carbonyl (C=O) groups is 1. The Hall–Kier alpha value is -1.71. The van der Waals surface area contributed by atoms with Crippen molar-refractivity contribution in [2.24, 2.45) is 5.41 Å². The molecular weight excluding hydrogens is 228 g/mol. The summed E-state index contributed by atoms with van der Waals surface area (Å²) in [6.45, 7) is 6.95. The molecule has 0 spiro atoms. The molecule has 0 fully saturated rings. The minimum absolute atomic E-state index is 0.105. The average Bonchev–Trinajstić information content (AvgIpc) is 2.41. The summed E-state index contributed by atoms with van der Waals surface area (Å²) in [5.74, 6) is 0.801. The molecule has 0 aliphatic carbocycles. The Bertz CT molecular complexity index is 469. The highest BCUT2D eigenvalue weighted by Gasteiger charge is 2.37. The molecular formula is C14H20N2O2. The van der Waals surface area contributed by atoms with Crippen LogP contribution in [-0.2, 0) is 4.79 Å². The van der Waals surface area contributed by atoms with E-state index >= 15 is 0 Å². The molecule has 0 unspecified atom stereocenters. The van der Waals surface area contributed by atoms with E-state index in [2.05, 4.69) is 6.92 Å². The smallest absolute Gasteiger partial charge is 0.236 e. The number of carbonyl (C=O) groups excluding carboxylic acids is 1. The summed E-state index contributed by atoms with van der Waals surface area (Å²) in [4.78, 5) is 14.3. The Labute approximate surface area is 108 Å². The molecule has 0 aromatic heterocycles. The van der Waals surface area contributed by atoms with Crippen LogP contribution in [0.3, 0.4) is 0 Å². The zero-order valence-electron chi connectivity index (χ0n) is 11.2. The highest BCUT2D eigenvalue weighted by Crippen LogP contribution is 2.37. The van der Waals surface area contributed by atoms with Crippen LogP contribution in [0.15, 0.2) is 18.2 Å². The minimum atomic E-state index is -0.511. The van der Waals surface area contributed by atoms with Crippen LogP contribution < -0.4 is 15.4 Å². The topological polar surface area (TPSA) is 55.6 Å². The summed E-state index contributed by atoms with van der Waals surface area (Å²) in [6.07, 6.45) is 0.908. The molecule has 98 valence electrons. The Morgan fingerprint density at radius 3 is 2.83 bits per heavy atom. The second-order valence-corrected chi connectivity index (χ2v) is 5.36. The monoisotopic (exact) mass is 248 g/mol. The van der Waals surface area contributed by atoms with Gasteiger partial charge in [-0.3, -0.25) is 4.79 Å². The first-order chi connectivity index (χ1) is 8.45.